The topological polar surface area (TPSA) is 49.4 Å². The minimum absolute atomic E-state index is 0.00437. The second-order valence-corrected chi connectivity index (χ2v) is 6.72. The smallest absolute Gasteiger partial charge is 0.223 e. The van der Waals surface area contributed by atoms with E-state index >= 15 is 0 Å². The largest absolute Gasteiger partial charge is 0.353 e. The maximum Gasteiger partial charge on any atom is 0.223 e. The molecule has 1 N–H and O–H groups in total. The molecular formula is C19H26F2N2O2. The molecule has 138 valence electrons. The summed E-state index contributed by atoms with van der Waals surface area (Å²) in [6.45, 7) is 4.89. The first-order chi connectivity index (χ1) is 11.9. The molecule has 0 aliphatic carbocycles. The van der Waals surface area contributed by atoms with Crippen LogP contribution in [-0.2, 0) is 16.0 Å². The van der Waals surface area contributed by atoms with Gasteiger partial charge in [-0.05, 0) is 44.7 Å². The molecule has 1 aromatic carbocycles. The number of benzene rings is 1. The van der Waals surface area contributed by atoms with E-state index in [0.29, 0.717) is 32.4 Å². The highest BCUT2D eigenvalue weighted by molar-refractivity contribution is 5.80. The van der Waals surface area contributed by atoms with Crippen LogP contribution >= 0.6 is 0 Å². The van der Waals surface area contributed by atoms with E-state index in [1.807, 2.05) is 11.8 Å². The number of piperidine rings is 1. The zero-order chi connectivity index (χ0) is 18.4. The number of nitrogens with zero attached hydrogens (tertiary/aromatic N) is 1. The molecule has 1 aliphatic rings. The zero-order valence-electron chi connectivity index (χ0n) is 14.9. The van der Waals surface area contributed by atoms with Gasteiger partial charge < -0.3 is 10.2 Å². The van der Waals surface area contributed by atoms with Crippen molar-refractivity contribution in [3.63, 3.8) is 0 Å². The monoisotopic (exact) mass is 352 g/mol. The van der Waals surface area contributed by atoms with Crippen molar-refractivity contribution in [1.29, 1.82) is 0 Å². The number of hydrogen-bond donors (Lipinski definition) is 1. The Bertz CT molecular complexity index is 593. The van der Waals surface area contributed by atoms with Gasteiger partial charge in [0.2, 0.25) is 11.8 Å². The molecule has 1 atom stereocenters. The summed E-state index contributed by atoms with van der Waals surface area (Å²) in [4.78, 5) is 26.1. The van der Waals surface area contributed by atoms with Gasteiger partial charge in [0.15, 0.2) is 0 Å². The standard InChI is InChI=1S/C19H26F2N2O2/c1-3-5-18(24)23-10-8-14(9-11-23)19(25)22-13(2)12-15-16(20)6-4-7-17(15)21/h4,6-7,13-14H,3,5,8-12H2,1-2H3,(H,22,25). The molecule has 0 spiro atoms. The van der Waals surface area contributed by atoms with E-state index in [9.17, 15) is 18.4 Å². The van der Waals surface area contributed by atoms with Crippen molar-refractivity contribution in [2.24, 2.45) is 5.92 Å². The maximum atomic E-state index is 13.7. The number of halogens is 2. The Morgan fingerprint density at radius 3 is 2.40 bits per heavy atom. The van der Waals surface area contributed by atoms with E-state index in [-0.39, 0.29) is 35.8 Å². The highest BCUT2D eigenvalue weighted by Crippen LogP contribution is 2.19. The van der Waals surface area contributed by atoms with Gasteiger partial charge in [0.1, 0.15) is 11.6 Å². The van der Waals surface area contributed by atoms with Crippen molar-refractivity contribution in [2.45, 2.75) is 52.0 Å². The van der Waals surface area contributed by atoms with Gasteiger partial charge >= 0.3 is 0 Å². The summed E-state index contributed by atoms with van der Waals surface area (Å²) in [7, 11) is 0. The van der Waals surface area contributed by atoms with Gasteiger partial charge in [0, 0.05) is 37.0 Å². The van der Waals surface area contributed by atoms with Crippen LogP contribution in [0, 0.1) is 17.6 Å². The van der Waals surface area contributed by atoms with Crippen LogP contribution in [0.5, 0.6) is 0 Å². The van der Waals surface area contributed by atoms with Crippen LogP contribution in [0.1, 0.15) is 45.1 Å². The number of amides is 2. The summed E-state index contributed by atoms with van der Waals surface area (Å²) in [6.07, 6.45) is 2.73. The second-order valence-electron chi connectivity index (χ2n) is 6.72. The maximum absolute atomic E-state index is 13.7. The quantitative estimate of drug-likeness (QED) is 0.855. The molecule has 6 heteroatoms. The lowest BCUT2D eigenvalue weighted by Gasteiger charge is -2.32. The summed E-state index contributed by atoms with van der Waals surface area (Å²) in [5, 5.41) is 2.85. The molecule has 4 nitrogen and oxygen atoms in total. The Hall–Kier alpha value is -1.98. The van der Waals surface area contributed by atoms with Crippen LogP contribution in [-0.4, -0.2) is 35.8 Å². The summed E-state index contributed by atoms with van der Waals surface area (Å²) in [5.74, 6) is -1.30. The molecule has 0 saturated carbocycles. The van der Waals surface area contributed by atoms with E-state index in [0.717, 1.165) is 6.42 Å². The predicted octanol–water partition coefficient (Wildman–Crippen LogP) is 3.05. The van der Waals surface area contributed by atoms with E-state index in [2.05, 4.69) is 5.32 Å². The Balaban J connectivity index is 1.83. The molecule has 25 heavy (non-hydrogen) atoms. The number of carbonyl (C=O) groups excluding carboxylic acids is 2. The van der Waals surface area contributed by atoms with Gasteiger partial charge in [-0.1, -0.05) is 13.0 Å². The van der Waals surface area contributed by atoms with Crippen LogP contribution < -0.4 is 5.32 Å². The average molecular weight is 352 g/mol. The fourth-order valence-corrected chi connectivity index (χ4v) is 3.21. The normalized spacial score (nSPS) is 16.6. The van der Waals surface area contributed by atoms with Crippen LogP contribution in [0.25, 0.3) is 0 Å². The van der Waals surface area contributed by atoms with E-state index in [1.54, 1.807) is 6.92 Å². The lowest BCUT2D eigenvalue weighted by atomic mass is 9.95. The molecule has 1 unspecified atom stereocenters. The number of nitrogens with one attached hydrogen (secondary N) is 1. The van der Waals surface area contributed by atoms with Gasteiger partial charge in [-0.3, -0.25) is 9.59 Å². The van der Waals surface area contributed by atoms with Crippen LogP contribution in [0.4, 0.5) is 8.78 Å². The van der Waals surface area contributed by atoms with Gasteiger partial charge in [-0.2, -0.15) is 0 Å². The molecular weight excluding hydrogens is 326 g/mol. The Labute approximate surface area is 147 Å². The molecule has 1 heterocycles. The lowest BCUT2D eigenvalue weighted by molar-refractivity contribution is -0.135. The molecule has 2 rings (SSSR count). The average Bonchev–Trinajstić information content (AvgIpc) is 2.58. The predicted molar refractivity (Wildman–Crippen MR) is 91.9 cm³/mol. The van der Waals surface area contributed by atoms with Crippen molar-refractivity contribution in [3.8, 4) is 0 Å². The Morgan fingerprint density at radius 1 is 1.24 bits per heavy atom. The molecule has 0 aromatic heterocycles. The molecule has 1 saturated heterocycles. The Morgan fingerprint density at radius 2 is 1.84 bits per heavy atom. The second kappa shape index (κ2) is 8.92. The van der Waals surface area contributed by atoms with E-state index in [4.69, 9.17) is 0 Å². The summed E-state index contributed by atoms with van der Waals surface area (Å²) in [5.41, 5.74) is -0.00437. The van der Waals surface area contributed by atoms with Crippen molar-refractivity contribution in [3.05, 3.63) is 35.4 Å². The summed E-state index contributed by atoms with van der Waals surface area (Å²) >= 11 is 0. The molecule has 2 amide bonds. The molecule has 1 aromatic rings. The number of rotatable bonds is 6. The Kier molecular flexibility index (Phi) is 6.91. The van der Waals surface area contributed by atoms with E-state index in [1.165, 1.54) is 18.2 Å². The molecule has 0 bridgehead atoms. The molecule has 0 radical (unpaired) electrons. The number of likely N-dealkylation sites (tertiary alicyclic amines) is 1. The minimum Gasteiger partial charge on any atom is -0.353 e. The first kappa shape index (κ1) is 19.3. The lowest BCUT2D eigenvalue weighted by Crippen LogP contribution is -2.45. The first-order valence-electron chi connectivity index (χ1n) is 8.93. The highest BCUT2D eigenvalue weighted by atomic mass is 19.1. The van der Waals surface area contributed by atoms with Gasteiger partial charge in [0.05, 0.1) is 0 Å². The molecule has 1 aliphatic heterocycles. The third kappa shape index (κ3) is 5.25. The fourth-order valence-electron chi connectivity index (χ4n) is 3.21. The zero-order valence-corrected chi connectivity index (χ0v) is 14.9. The van der Waals surface area contributed by atoms with Crippen LogP contribution in [0.15, 0.2) is 18.2 Å². The van der Waals surface area contributed by atoms with Crippen molar-refractivity contribution >= 4 is 11.8 Å². The van der Waals surface area contributed by atoms with Crippen molar-refractivity contribution < 1.29 is 18.4 Å². The molecule has 1 fully saturated rings. The highest BCUT2D eigenvalue weighted by Gasteiger charge is 2.27. The van der Waals surface area contributed by atoms with Crippen LogP contribution in [0.3, 0.4) is 0 Å². The minimum atomic E-state index is -0.594. The van der Waals surface area contributed by atoms with Gasteiger partial charge in [-0.25, -0.2) is 8.78 Å². The third-order valence-electron chi connectivity index (χ3n) is 4.64. The summed E-state index contributed by atoms with van der Waals surface area (Å²) in [6, 6.07) is 3.40. The van der Waals surface area contributed by atoms with Crippen LogP contribution in [0.2, 0.25) is 0 Å². The first-order valence-corrected chi connectivity index (χ1v) is 8.93. The third-order valence-corrected chi connectivity index (χ3v) is 4.64. The number of carbonyl (C=O) groups is 2. The van der Waals surface area contributed by atoms with Gasteiger partial charge in [-0.15, -0.1) is 0 Å². The number of hydrogen-bond acceptors (Lipinski definition) is 2. The van der Waals surface area contributed by atoms with Crippen molar-refractivity contribution in [1.82, 2.24) is 10.2 Å². The SMILES string of the molecule is CCCC(=O)N1CCC(C(=O)NC(C)Cc2c(F)cccc2F)CC1. The van der Waals surface area contributed by atoms with E-state index < -0.39 is 11.6 Å². The summed E-state index contributed by atoms with van der Waals surface area (Å²) < 4.78 is 27.4. The van der Waals surface area contributed by atoms with Gasteiger partial charge in [0.25, 0.3) is 0 Å². The fraction of sp³-hybridized carbons (Fsp3) is 0.579. The van der Waals surface area contributed by atoms with Crippen molar-refractivity contribution in [2.75, 3.05) is 13.1 Å².